The van der Waals surface area contributed by atoms with Crippen LogP contribution in [0.15, 0.2) is 47.5 Å². The molecule has 2 aromatic carbocycles. The highest BCUT2D eigenvalue weighted by atomic mass is 127. The average Bonchev–Trinajstić information content (AvgIpc) is 2.71. The highest BCUT2D eigenvalue weighted by Crippen LogP contribution is 2.31. The molecule has 0 aromatic heterocycles. The molecule has 3 rings (SSSR count). The average molecular weight is 512 g/mol. The largest absolute Gasteiger partial charge is 0.486 e. The number of benzene rings is 2. The van der Waals surface area contributed by atoms with E-state index >= 15 is 0 Å². The molecule has 9 heteroatoms. The molecule has 0 radical (unpaired) electrons. The Morgan fingerprint density at radius 1 is 1.17 bits per heavy atom. The lowest BCUT2D eigenvalue weighted by Gasteiger charge is -2.24. The molecule has 0 spiro atoms. The number of aliphatic imine (C=N–C) groups is 1. The van der Waals surface area contributed by atoms with Crippen molar-refractivity contribution in [3.05, 3.63) is 63.7 Å². The van der Waals surface area contributed by atoms with Crippen molar-refractivity contribution in [2.24, 2.45) is 4.99 Å². The highest BCUT2D eigenvalue weighted by Gasteiger charge is 2.14. The van der Waals surface area contributed by atoms with Gasteiger partial charge in [-0.3, -0.25) is 10.1 Å². The first kappa shape index (κ1) is 22.7. The summed E-state index contributed by atoms with van der Waals surface area (Å²) in [7, 11) is 1.95. The molecule has 1 aliphatic heterocycles. The zero-order valence-electron chi connectivity index (χ0n) is 16.5. The van der Waals surface area contributed by atoms with Gasteiger partial charge in [0.05, 0.1) is 11.5 Å². The standard InChI is InChI=1S/C20H24N4O4.HI/c1-3-21-20(22-13-15-5-4-6-17(11-15)24(25)26)23(2)14-16-7-8-18-19(12-16)28-10-9-27-18;/h4-8,11-12H,3,9-10,13-14H2,1-2H3,(H,21,22);1H. The lowest BCUT2D eigenvalue weighted by molar-refractivity contribution is -0.384. The van der Waals surface area contributed by atoms with Crippen LogP contribution in [-0.2, 0) is 13.1 Å². The van der Waals surface area contributed by atoms with Crippen LogP contribution in [0.2, 0.25) is 0 Å². The molecule has 0 fully saturated rings. The van der Waals surface area contributed by atoms with Crippen molar-refractivity contribution in [1.29, 1.82) is 0 Å². The number of fused-ring (bicyclic) bond motifs is 1. The van der Waals surface area contributed by atoms with Gasteiger partial charge >= 0.3 is 0 Å². The van der Waals surface area contributed by atoms with Crippen molar-refractivity contribution in [3.8, 4) is 11.5 Å². The van der Waals surface area contributed by atoms with Gasteiger partial charge in [0.2, 0.25) is 0 Å². The Balaban J connectivity index is 0.00000300. The molecule has 0 unspecified atom stereocenters. The Kier molecular flexibility index (Phi) is 8.50. The zero-order chi connectivity index (χ0) is 19.9. The lowest BCUT2D eigenvalue weighted by Crippen LogP contribution is -2.38. The number of nitro benzene ring substituents is 1. The monoisotopic (exact) mass is 512 g/mol. The van der Waals surface area contributed by atoms with Crippen molar-refractivity contribution in [2.45, 2.75) is 20.0 Å². The fraction of sp³-hybridized carbons (Fsp3) is 0.350. The predicted molar refractivity (Wildman–Crippen MR) is 122 cm³/mol. The third kappa shape index (κ3) is 6.21. The summed E-state index contributed by atoms with van der Waals surface area (Å²) in [5.41, 5.74) is 1.94. The minimum atomic E-state index is -0.396. The Morgan fingerprint density at radius 3 is 2.66 bits per heavy atom. The number of non-ortho nitro benzene ring substituents is 1. The van der Waals surface area contributed by atoms with Crippen molar-refractivity contribution >= 4 is 35.6 Å². The summed E-state index contributed by atoms with van der Waals surface area (Å²) in [6.45, 7) is 4.84. The first-order valence-corrected chi connectivity index (χ1v) is 9.18. The fourth-order valence-electron chi connectivity index (χ4n) is 2.94. The number of hydrogen-bond donors (Lipinski definition) is 1. The number of nitrogens with zero attached hydrogens (tertiary/aromatic N) is 3. The van der Waals surface area contributed by atoms with Crippen molar-refractivity contribution in [3.63, 3.8) is 0 Å². The van der Waals surface area contributed by atoms with Crippen molar-refractivity contribution < 1.29 is 14.4 Å². The molecule has 0 atom stereocenters. The number of guanidine groups is 1. The zero-order valence-corrected chi connectivity index (χ0v) is 18.8. The molecule has 1 N–H and O–H groups in total. The topological polar surface area (TPSA) is 89.2 Å². The van der Waals surface area contributed by atoms with Gasteiger partial charge in [0, 0.05) is 32.3 Å². The van der Waals surface area contributed by atoms with Crippen LogP contribution >= 0.6 is 24.0 Å². The molecule has 1 aliphatic rings. The quantitative estimate of drug-likeness (QED) is 0.209. The summed E-state index contributed by atoms with van der Waals surface area (Å²) in [4.78, 5) is 17.2. The van der Waals surface area contributed by atoms with E-state index in [1.54, 1.807) is 12.1 Å². The molecular formula is C20H25IN4O4. The van der Waals surface area contributed by atoms with E-state index in [2.05, 4.69) is 10.3 Å². The highest BCUT2D eigenvalue weighted by molar-refractivity contribution is 14.0. The Hall–Kier alpha value is -2.56. The molecule has 2 aromatic rings. The maximum Gasteiger partial charge on any atom is 0.269 e. The normalized spacial score (nSPS) is 12.7. The smallest absolute Gasteiger partial charge is 0.269 e. The Morgan fingerprint density at radius 2 is 1.93 bits per heavy atom. The van der Waals surface area contributed by atoms with Gasteiger partial charge < -0.3 is 19.7 Å². The van der Waals surface area contributed by atoms with E-state index in [-0.39, 0.29) is 29.7 Å². The van der Waals surface area contributed by atoms with E-state index in [1.165, 1.54) is 6.07 Å². The Labute approximate surface area is 187 Å². The van der Waals surface area contributed by atoms with Crippen molar-refractivity contribution in [1.82, 2.24) is 10.2 Å². The summed E-state index contributed by atoms with van der Waals surface area (Å²) < 4.78 is 11.2. The molecule has 0 saturated heterocycles. The second kappa shape index (κ2) is 10.8. The van der Waals surface area contributed by atoms with E-state index in [0.29, 0.717) is 26.3 Å². The first-order chi connectivity index (χ1) is 13.6. The molecule has 0 amide bonds. The number of hydrogen-bond acceptors (Lipinski definition) is 5. The first-order valence-electron chi connectivity index (χ1n) is 9.18. The second-order valence-electron chi connectivity index (χ2n) is 6.43. The minimum Gasteiger partial charge on any atom is -0.486 e. The third-order valence-corrected chi connectivity index (χ3v) is 4.26. The van der Waals surface area contributed by atoms with Gasteiger partial charge in [0.25, 0.3) is 5.69 Å². The summed E-state index contributed by atoms with van der Waals surface area (Å²) in [6, 6.07) is 12.4. The van der Waals surface area contributed by atoms with Gasteiger partial charge in [-0.25, -0.2) is 4.99 Å². The molecule has 0 saturated carbocycles. The van der Waals surface area contributed by atoms with Crippen LogP contribution < -0.4 is 14.8 Å². The molecule has 0 aliphatic carbocycles. The van der Waals surface area contributed by atoms with E-state index in [1.807, 2.05) is 43.1 Å². The number of halogens is 1. The summed E-state index contributed by atoms with van der Waals surface area (Å²) in [6.07, 6.45) is 0. The maximum atomic E-state index is 10.9. The van der Waals surface area contributed by atoms with Crippen LogP contribution in [0.25, 0.3) is 0 Å². The van der Waals surface area contributed by atoms with Gasteiger partial charge in [-0.2, -0.15) is 0 Å². The molecule has 8 nitrogen and oxygen atoms in total. The fourth-order valence-corrected chi connectivity index (χ4v) is 2.94. The van der Waals surface area contributed by atoms with Crippen LogP contribution in [-0.4, -0.2) is 42.6 Å². The van der Waals surface area contributed by atoms with Gasteiger partial charge in [-0.15, -0.1) is 24.0 Å². The molecule has 156 valence electrons. The van der Waals surface area contributed by atoms with Gasteiger partial charge in [0.1, 0.15) is 13.2 Å². The summed E-state index contributed by atoms with van der Waals surface area (Å²) in [5.74, 6) is 2.25. The maximum absolute atomic E-state index is 10.9. The van der Waals surface area contributed by atoms with Crippen molar-refractivity contribution in [2.75, 3.05) is 26.8 Å². The van der Waals surface area contributed by atoms with Crippen LogP contribution in [0.3, 0.4) is 0 Å². The second-order valence-corrected chi connectivity index (χ2v) is 6.43. The third-order valence-electron chi connectivity index (χ3n) is 4.26. The van der Waals surface area contributed by atoms with Gasteiger partial charge in [-0.05, 0) is 30.2 Å². The summed E-state index contributed by atoms with van der Waals surface area (Å²) >= 11 is 0. The van der Waals surface area contributed by atoms with Crippen LogP contribution in [0, 0.1) is 10.1 Å². The predicted octanol–water partition coefficient (Wildman–Crippen LogP) is 3.58. The molecular weight excluding hydrogens is 487 g/mol. The van der Waals surface area contributed by atoms with E-state index in [9.17, 15) is 10.1 Å². The van der Waals surface area contributed by atoms with Gasteiger partial charge in [0.15, 0.2) is 17.5 Å². The SMILES string of the molecule is CCNC(=NCc1cccc([N+](=O)[O-])c1)N(C)Cc1ccc2c(c1)OCCO2.I. The number of nitrogens with one attached hydrogen (secondary N) is 1. The van der Waals surface area contributed by atoms with E-state index in [0.717, 1.165) is 35.1 Å². The number of ether oxygens (including phenoxy) is 2. The number of rotatable bonds is 6. The summed E-state index contributed by atoms with van der Waals surface area (Å²) in [5, 5.41) is 14.2. The van der Waals surface area contributed by atoms with Gasteiger partial charge in [-0.1, -0.05) is 18.2 Å². The Bertz CT molecular complexity index is 875. The van der Waals surface area contributed by atoms with E-state index in [4.69, 9.17) is 9.47 Å². The molecule has 0 bridgehead atoms. The molecule has 29 heavy (non-hydrogen) atoms. The van der Waals surface area contributed by atoms with Crippen LogP contribution in [0.4, 0.5) is 5.69 Å². The van der Waals surface area contributed by atoms with Crippen LogP contribution in [0.1, 0.15) is 18.1 Å². The molecule has 1 heterocycles. The van der Waals surface area contributed by atoms with Crippen LogP contribution in [0.5, 0.6) is 11.5 Å². The minimum absolute atomic E-state index is 0. The lowest BCUT2D eigenvalue weighted by atomic mass is 10.2. The van der Waals surface area contributed by atoms with E-state index < -0.39 is 4.92 Å². The number of nitro groups is 1.